The van der Waals surface area contributed by atoms with Gasteiger partial charge in [-0.1, -0.05) is 0 Å². The molecule has 0 spiro atoms. The predicted molar refractivity (Wildman–Crippen MR) is 85.8 cm³/mol. The van der Waals surface area contributed by atoms with Crippen LogP contribution in [0.4, 0.5) is 8.78 Å². The summed E-state index contributed by atoms with van der Waals surface area (Å²) >= 11 is 0. The molecule has 2 aromatic heterocycles. The fourth-order valence-electron chi connectivity index (χ4n) is 3.30. The van der Waals surface area contributed by atoms with Gasteiger partial charge in [0.05, 0.1) is 23.5 Å². The van der Waals surface area contributed by atoms with Gasteiger partial charge >= 0.3 is 0 Å². The molecular weight excluding hydrogens is 316 g/mol. The number of likely N-dealkylation sites (tertiary alicyclic amines) is 1. The molecule has 2 aromatic rings. The van der Waals surface area contributed by atoms with Gasteiger partial charge in [-0.05, 0) is 33.0 Å². The molecule has 0 radical (unpaired) electrons. The Labute approximate surface area is 139 Å². The zero-order chi connectivity index (χ0) is 17.5. The summed E-state index contributed by atoms with van der Waals surface area (Å²) in [6, 6.07) is 2.46. The van der Waals surface area contributed by atoms with Crippen LogP contribution in [0.3, 0.4) is 0 Å². The summed E-state index contributed by atoms with van der Waals surface area (Å²) in [6.07, 6.45) is 2.71. The quantitative estimate of drug-likeness (QED) is 0.932. The summed E-state index contributed by atoms with van der Waals surface area (Å²) in [7, 11) is 1.62. The van der Waals surface area contributed by atoms with Crippen LogP contribution in [0.5, 0.6) is 0 Å². The van der Waals surface area contributed by atoms with Gasteiger partial charge in [0, 0.05) is 31.0 Å². The summed E-state index contributed by atoms with van der Waals surface area (Å²) in [5, 5.41) is 3.63. The van der Waals surface area contributed by atoms with E-state index in [2.05, 4.69) is 10.3 Å². The van der Waals surface area contributed by atoms with Crippen LogP contribution in [-0.2, 0) is 10.3 Å². The van der Waals surface area contributed by atoms with E-state index in [4.69, 9.17) is 4.42 Å². The van der Waals surface area contributed by atoms with Crippen LogP contribution in [0.1, 0.15) is 32.4 Å². The van der Waals surface area contributed by atoms with Crippen molar-refractivity contribution >= 4 is 16.9 Å². The molecule has 1 fully saturated rings. The number of alkyl halides is 2. The van der Waals surface area contributed by atoms with Crippen LogP contribution in [0.2, 0.25) is 0 Å². The molecule has 1 saturated heterocycles. The molecule has 1 aliphatic rings. The second-order valence-corrected chi connectivity index (χ2v) is 6.88. The van der Waals surface area contributed by atoms with Crippen LogP contribution >= 0.6 is 0 Å². The molecule has 0 bridgehead atoms. The Bertz CT molecular complexity index is 757. The predicted octanol–water partition coefficient (Wildman–Crippen LogP) is 2.91. The number of nitrogens with zero attached hydrogens (tertiary/aromatic N) is 2. The zero-order valence-electron chi connectivity index (χ0n) is 14.0. The molecule has 1 unspecified atom stereocenters. The minimum Gasteiger partial charge on any atom is -0.464 e. The SMILES string of the molecule is CN1CCC(F)(F)C1CC(=O)NC(C)(C)c1nccc2occc12. The lowest BCUT2D eigenvalue weighted by Gasteiger charge is -2.29. The lowest BCUT2D eigenvalue weighted by Crippen LogP contribution is -2.46. The maximum Gasteiger partial charge on any atom is 0.265 e. The Kier molecular flexibility index (Phi) is 4.07. The Morgan fingerprint density at radius 1 is 1.50 bits per heavy atom. The molecule has 0 aliphatic carbocycles. The largest absolute Gasteiger partial charge is 0.464 e. The summed E-state index contributed by atoms with van der Waals surface area (Å²) in [6.45, 7) is 3.90. The number of halogens is 2. The molecular formula is C17H21F2N3O2. The molecule has 1 aliphatic heterocycles. The Morgan fingerprint density at radius 2 is 2.25 bits per heavy atom. The van der Waals surface area contributed by atoms with Crippen molar-refractivity contribution in [2.24, 2.45) is 0 Å². The second kappa shape index (κ2) is 5.81. The number of hydrogen-bond acceptors (Lipinski definition) is 4. The summed E-state index contributed by atoms with van der Waals surface area (Å²) in [4.78, 5) is 18.3. The highest BCUT2D eigenvalue weighted by Crippen LogP contribution is 2.35. The number of rotatable bonds is 4. The molecule has 5 nitrogen and oxygen atoms in total. The number of nitrogens with one attached hydrogen (secondary N) is 1. The fourth-order valence-corrected chi connectivity index (χ4v) is 3.30. The monoisotopic (exact) mass is 337 g/mol. The van der Waals surface area contributed by atoms with E-state index in [1.54, 1.807) is 50.4 Å². The third-order valence-corrected chi connectivity index (χ3v) is 4.62. The maximum atomic E-state index is 13.9. The van der Waals surface area contributed by atoms with Crippen molar-refractivity contribution in [3.05, 3.63) is 30.3 Å². The van der Waals surface area contributed by atoms with E-state index in [9.17, 15) is 13.6 Å². The highest BCUT2D eigenvalue weighted by molar-refractivity contribution is 5.82. The van der Waals surface area contributed by atoms with Crippen molar-refractivity contribution in [2.75, 3.05) is 13.6 Å². The molecule has 3 rings (SSSR count). The summed E-state index contributed by atoms with van der Waals surface area (Å²) in [5.74, 6) is -3.25. The first kappa shape index (κ1) is 16.8. The van der Waals surface area contributed by atoms with Gasteiger partial charge in [-0.3, -0.25) is 14.7 Å². The third-order valence-electron chi connectivity index (χ3n) is 4.62. The van der Waals surface area contributed by atoms with Crippen LogP contribution in [0, 0.1) is 0 Å². The molecule has 7 heteroatoms. The Hall–Kier alpha value is -2.02. The van der Waals surface area contributed by atoms with E-state index in [0.29, 0.717) is 17.8 Å². The van der Waals surface area contributed by atoms with Crippen molar-refractivity contribution in [1.29, 1.82) is 0 Å². The molecule has 0 saturated carbocycles. The van der Waals surface area contributed by atoms with E-state index in [1.807, 2.05) is 0 Å². The summed E-state index contributed by atoms with van der Waals surface area (Å²) in [5.41, 5.74) is 0.519. The highest BCUT2D eigenvalue weighted by Gasteiger charge is 2.48. The van der Waals surface area contributed by atoms with Crippen LogP contribution in [-0.4, -0.2) is 41.3 Å². The molecule has 130 valence electrons. The third kappa shape index (κ3) is 3.00. The van der Waals surface area contributed by atoms with Gasteiger partial charge in [0.2, 0.25) is 5.91 Å². The Morgan fingerprint density at radius 3 is 2.92 bits per heavy atom. The standard InChI is InChI=1S/C17H21F2N3O2/c1-16(2,15-11-5-9-24-12(11)4-7-20-15)21-14(23)10-13-17(18,19)6-8-22(13)3/h4-5,7,9,13H,6,8,10H2,1-3H3,(H,21,23). The van der Waals surface area contributed by atoms with Crippen molar-refractivity contribution in [2.45, 2.75) is 44.2 Å². The normalized spacial score (nSPS) is 21.3. The number of amides is 1. The summed E-state index contributed by atoms with van der Waals surface area (Å²) < 4.78 is 33.1. The molecule has 0 aromatic carbocycles. The lowest BCUT2D eigenvalue weighted by atomic mass is 9.96. The van der Waals surface area contributed by atoms with Gasteiger partial charge < -0.3 is 9.73 Å². The number of fused-ring (bicyclic) bond motifs is 1. The van der Waals surface area contributed by atoms with E-state index < -0.39 is 23.4 Å². The number of carbonyl (C=O) groups is 1. The van der Waals surface area contributed by atoms with Gasteiger partial charge in [-0.2, -0.15) is 0 Å². The topological polar surface area (TPSA) is 58.4 Å². The number of hydrogen-bond donors (Lipinski definition) is 1. The van der Waals surface area contributed by atoms with E-state index >= 15 is 0 Å². The van der Waals surface area contributed by atoms with Crippen LogP contribution < -0.4 is 5.32 Å². The van der Waals surface area contributed by atoms with Crippen molar-refractivity contribution in [3.63, 3.8) is 0 Å². The number of carbonyl (C=O) groups excluding carboxylic acids is 1. The average molecular weight is 337 g/mol. The zero-order valence-corrected chi connectivity index (χ0v) is 14.0. The fraction of sp³-hybridized carbons (Fsp3) is 0.529. The van der Waals surface area contributed by atoms with Gasteiger partial charge in [0.15, 0.2) is 0 Å². The van der Waals surface area contributed by atoms with E-state index in [0.717, 1.165) is 5.39 Å². The van der Waals surface area contributed by atoms with E-state index in [1.165, 1.54) is 0 Å². The number of pyridine rings is 1. The average Bonchev–Trinajstić information content (AvgIpc) is 3.06. The van der Waals surface area contributed by atoms with Crippen molar-refractivity contribution < 1.29 is 18.0 Å². The number of aromatic nitrogens is 1. The minimum absolute atomic E-state index is 0.208. The van der Waals surface area contributed by atoms with Gasteiger partial charge in [0.1, 0.15) is 5.58 Å². The maximum absolute atomic E-state index is 13.9. The van der Waals surface area contributed by atoms with Gasteiger partial charge in [0.25, 0.3) is 5.92 Å². The first-order chi connectivity index (χ1) is 11.2. The van der Waals surface area contributed by atoms with Gasteiger partial charge in [-0.25, -0.2) is 8.78 Å². The second-order valence-electron chi connectivity index (χ2n) is 6.88. The molecule has 1 amide bonds. The highest BCUT2D eigenvalue weighted by atomic mass is 19.3. The van der Waals surface area contributed by atoms with Crippen molar-refractivity contribution in [1.82, 2.24) is 15.2 Å². The Balaban J connectivity index is 1.77. The van der Waals surface area contributed by atoms with Crippen LogP contribution in [0.25, 0.3) is 11.0 Å². The van der Waals surface area contributed by atoms with Crippen molar-refractivity contribution in [3.8, 4) is 0 Å². The molecule has 24 heavy (non-hydrogen) atoms. The molecule has 3 heterocycles. The molecule has 1 N–H and O–H groups in total. The lowest BCUT2D eigenvalue weighted by molar-refractivity contribution is -0.127. The minimum atomic E-state index is -2.83. The first-order valence-electron chi connectivity index (χ1n) is 7.92. The number of furan rings is 1. The smallest absolute Gasteiger partial charge is 0.265 e. The van der Waals surface area contributed by atoms with E-state index in [-0.39, 0.29) is 12.8 Å². The van der Waals surface area contributed by atoms with Gasteiger partial charge in [-0.15, -0.1) is 0 Å². The van der Waals surface area contributed by atoms with Crippen LogP contribution in [0.15, 0.2) is 29.0 Å². The first-order valence-corrected chi connectivity index (χ1v) is 7.92. The molecule has 1 atom stereocenters.